The molecule has 0 radical (unpaired) electrons. The first-order valence-electron chi connectivity index (χ1n) is 6.66. The Labute approximate surface area is 121 Å². The number of para-hydroxylation sites is 1. The molecular weight excluding hydrogens is 270 g/mol. The monoisotopic (exact) mass is 283 g/mol. The Morgan fingerprint density at radius 1 is 1.24 bits per heavy atom. The molecule has 0 bridgehead atoms. The van der Waals surface area contributed by atoms with Crippen molar-refractivity contribution in [2.45, 2.75) is 18.8 Å². The van der Waals surface area contributed by atoms with Crippen LogP contribution < -0.4 is 5.32 Å². The van der Waals surface area contributed by atoms with Gasteiger partial charge in [-0.1, -0.05) is 18.2 Å². The van der Waals surface area contributed by atoms with Crippen molar-refractivity contribution in [2.24, 2.45) is 0 Å². The summed E-state index contributed by atoms with van der Waals surface area (Å²) in [5.74, 6) is 0.453. The molecule has 1 aliphatic rings. The lowest BCUT2D eigenvalue weighted by Gasteiger charge is -2.05. The molecule has 1 saturated carbocycles. The van der Waals surface area contributed by atoms with E-state index in [1.54, 1.807) is 18.3 Å². The van der Waals surface area contributed by atoms with Crippen LogP contribution in [-0.2, 0) is 0 Å². The third-order valence-corrected chi connectivity index (χ3v) is 3.42. The Morgan fingerprint density at radius 3 is 2.62 bits per heavy atom. The van der Waals surface area contributed by atoms with E-state index >= 15 is 0 Å². The average Bonchev–Trinajstić information content (AvgIpc) is 3.32. The van der Waals surface area contributed by atoms with Gasteiger partial charge in [0.2, 0.25) is 0 Å². The molecule has 1 heterocycles. The highest BCUT2D eigenvalue weighted by Gasteiger charge is 2.24. The topological polar surface area (TPSA) is 85.1 Å². The van der Waals surface area contributed by atoms with E-state index in [1.807, 2.05) is 6.07 Å². The second-order valence-electron chi connectivity index (χ2n) is 4.98. The number of amides is 1. The highest BCUT2D eigenvalue weighted by molar-refractivity contribution is 6.06. The minimum atomic E-state index is -0.571. The number of hydrogen-bond acceptors (Lipinski definition) is 4. The van der Waals surface area contributed by atoms with Gasteiger partial charge in [0.25, 0.3) is 11.6 Å². The predicted molar refractivity (Wildman–Crippen MR) is 77.3 cm³/mol. The number of nitro benzene ring substituents is 1. The maximum atomic E-state index is 12.1. The van der Waals surface area contributed by atoms with Crippen molar-refractivity contribution in [3.05, 3.63) is 63.8 Å². The summed E-state index contributed by atoms with van der Waals surface area (Å²) in [4.78, 5) is 26.6. The Kier molecular flexibility index (Phi) is 3.35. The Bertz CT molecular complexity index is 694. The Hall–Kier alpha value is -2.76. The molecule has 6 nitrogen and oxygen atoms in total. The van der Waals surface area contributed by atoms with Gasteiger partial charge in [0.05, 0.1) is 4.92 Å². The van der Waals surface area contributed by atoms with Crippen LogP contribution in [0.3, 0.4) is 0 Å². The minimum absolute atomic E-state index is 0.0237. The van der Waals surface area contributed by atoms with Crippen molar-refractivity contribution in [1.82, 2.24) is 4.98 Å². The summed E-state index contributed by atoms with van der Waals surface area (Å²) in [6, 6.07) is 9.49. The fraction of sp³-hybridized carbons (Fsp3) is 0.200. The van der Waals surface area contributed by atoms with Gasteiger partial charge >= 0.3 is 0 Å². The molecule has 106 valence electrons. The van der Waals surface area contributed by atoms with Crippen LogP contribution in [0.15, 0.2) is 42.6 Å². The van der Waals surface area contributed by atoms with Crippen molar-refractivity contribution in [3.63, 3.8) is 0 Å². The number of benzene rings is 1. The summed E-state index contributed by atoms with van der Waals surface area (Å²) in [6.07, 6.45) is 4.11. The lowest BCUT2D eigenvalue weighted by Crippen LogP contribution is -2.14. The lowest BCUT2D eigenvalue weighted by molar-refractivity contribution is -0.385. The fourth-order valence-corrected chi connectivity index (χ4v) is 2.15. The summed E-state index contributed by atoms with van der Waals surface area (Å²) >= 11 is 0. The maximum absolute atomic E-state index is 12.1. The van der Waals surface area contributed by atoms with Gasteiger partial charge in [-0.15, -0.1) is 0 Å². The zero-order valence-corrected chi connectivity index (χ0v) is 11.2. The third-order valence-electron chi connectivity index (χ3n) is 3.42. The summed E-state index contributed by atoms with van der Waals surface area (Å²) in [5, 5.41) is 13.5. The smallest absolute Gasteiger partial charge is 0.282 e. The minimum Gasteiger partial charge on any atom is -0.306 e. The molecule has 6 heteroatoms. The van der Waals surface area contributed by atoms with Gasteiger partial charge in [0.15, 0.2) is 0 Å². The van der Waals surface area contributed by atoms with Crippen molar-refractivity contribution in [3.8, 4) is 0 Å². The van der Waals surface area contributed by atoms with E-state index in [0.29, 0.717) is 11.7 Å². The fourth-order valence-electron chi connectivity index (χ4n) is 2.15. The van der Waals surface area contributed by atoms with Crippen LogP contribution in [0.2, 0.25) is 0 Å². The molecule has 0 spiro atoms. The zero-order chi connectivity index (χ0) is 14.8. The quantitative estimate of drug-likeness (QED) is 0.690. The predicted octanol–water partition coefficient (Wildman–Crippen LogP) is 3.12. The normalized spacial score (nSPS) is 13.7. The summed E-state index contributed by atoms with van der Waals surface area (Å²) in [5.41, 5.74) is 0.971. The molecule has 1 N–H and O–H groups in total. The number of hydrogen-bond donors (Lipinski definition) is 1. The number of anilines is 1. The number of nitrogens with one attached hydrogen (secondary N) is 1. The van der Waals surface area contributed by atoms with Crippen LogP contribution in [0.25, 0.3) is 0 Å². The average molecular weight is 283 g/mol. The van der Waals surface area contributed by atoms with E-state index in [9.17, 15) is 14.9 Å². The number of rotatable bonds is 4. The second kappa shape index (κ2) is 5.32. The van der Waals surface area contributed by atoms with Crippen LogP contribution in [0.4, 0.5) is 11.5 Å². The lowest BCUT2D eigenvalue weighted by atomic mass is 10.1. The molecule has 0 saturated heterocycles. The molecule has 0 aliphatic heterocycles. The largest absolute Gasteiger partial charge is 0.306 e. The first-order valence-corrected chi connectivity index (χ1v) is 6.66. The molecular formula is C15H13N3O3. The van der Waals surface area contributed by atoms with E-state index in [1.165, 1.54) is 36.6 Å². The van der Waals surface area contributed by atoms with Crippen LogP contribution in [0.5, 0.6) is 0 Å². The van der Waals surface area contributed by atoms with Crippen molar-refractivity contribution >= 4 is 17.4 Å². The molecule has 1 fully saturated rings. The molecule has 1 amide bonds. The Balaban J connectivity index is 1.78. The van der Waals surface area contributed by atoms with E-state index in [-0.39, 0.29) is 11.3 Å². The Morgan fingerprint density at radius 2 is 2.00 bits per heavy atom. The van der Waals surface area contributed by atoms with Gasteiger partial charge in [-0.2, -0.15) is 0 Å². The SMILES string of the molecule is O=C(Nc1ccc(C2CC2)cn1)c1ccccc1[N+](=O)[O-]. The van der Waals surface area contributed by atoms with Crippen molar-refractivity contribution in [2.75, 3.05) is 5.32 Å². The third kappa shape index (κ3) is 2.89. The van der Waals surface area contributed by atoms with Gasteiger partial charge in [-0.05, 0) is 36.5 Å². The van der Waals surface area contributed by atoms with E-state index in [4.69, 9.17) is 0 Å². The number of pyridine rings is 1. The van der Waals surface area contributed by atoms with Gasteiger partial charge in [0, 0.05) is 12.3 Å². The van der Waals surface area contributed by atoms with Crippen LogP contribution in [-0.4, -0.2) is 15.8 Å². The molecule has 1 aromatic heterocycles. The highest BCUT2D eigenvalue weighted by atomic mass is 16.6. The highest BCUT2D eigenvalue weighted by Crippen LogP contribution is 2.39. The number of nitro groups is 1. The molecule has 1 aliphatic carbocycles. The molecule has 3 rings (SSSR count). The first kappa shape index (κ1) is 13.2. The maximum Gasteiger partial charge on any atom is 0.282 e. The number of aromatic nitrogens is 1. The van der Waals surface area contributed by atoms with Gasteiger partial charge in [-0.25, -0.2) is 4.98 Å². The number of nitrogens with zero attached hydrogens (tertiary/aromatic N) is 2. The van der Waals surface area contributed by atoms with E-state index in [0.717, 1.165) is 0 Å². The van der Waals surface area contributed by atoms with Gasteiger partial charge in [0.1, 0.15) is 11.4 Å². The van der Waals surface area contributed by atoms with Crippen LogP contribution in [0.1, 0.15) is 34.7 Å². The van der Waals surface area contributed by atoms with Crippen molar-refractivity contribution in [1.29, 1.82) is 0 Å². The molecule has 0 unspecified atom stereocenters. The number of carbonyl (C=O) groups excluding carboxylic acids is 1. The summed E-state index contributed by atoms with van der Waals surface area (Å²) in [7, 11) is 0. The van der Waals surface area contributed by atoms with E-state index in [2.05, 4.69) is 10.3 Å². The number of carbonyl (C=O) groups is 1. The van der Waals surface area contributed by atoms with Crippen LogP contribution >= 0.6 is 0 Å². The summed E-state index contributed by atoms with van der Waals surface area (Å²) in [6.45, 7) is 0. The molecule has 2 aromatic rings. The molecule has 1 aromatic carbocycles. The standard InChI is InChI=1S/C15H13N3O3/c19-15(12-3-1-2-4-13(12)18(20)21)17-14-8-7-11(9-16-14)10-5-6-10/h1-4,7-10H,5-6H2,(H,16,17,19). The van der Waals surface area contributed by atoms with E-state index < -0.39 is 10.8 Å². The van der Waals surface area contributed by atoms with Crippen molar-refractivity contribution < 1.29 is 9.72 Å². The van der Waals surface area contributed by atoms with Gasteiger partial charge in [-0.3, -0.25) is 14.9 Å². The first-order chi connectivity index (χ1) is 10.1. The zero-order valence-electron chi connectivity index (χ0n) is 11.2. The molecule has 0 atom stereocenters. The second-order valence-corrected chi connectivity index (χ2v) is 4.98. The van der Waals surface area contributed by atoms with Crippen LogP contribution in [0, 0.1) is 10.1 Å². The molecule has 21 heavy (non-hydrogen) atoms. The summed E-state index contributed by atoms with van der Waals surface area (Å²) < 4.78 is 0. The van der Waals surface area contributed by atoms with Gasteiger partial charge < -0.3 is 5.32 Å².